The Hall–Kier alpha value is -1.32. The highest BCUT2D eigenvalue weighted by atomic mass is 16.1. The SMILES string of the molecule is Cc1nc2c(c(=O)[nH]1)CCCCN2. The molecule has 4 nitrogen and oxygen atoms in total. The molecule has 0 atom stereocenters. The van der Waals surface area contributed by atoms with Crippen molar-refractivity contribution in [3.63, 3.8) is 0 Å². The zero-order valence-electron chi connectivity index (χ0n) is 7.68. The first kappa shape index (κ1) is 8.29. The van der Waals surface area contributed by atoms with Crippen LogP contribution in [0.25, 0.3) is 0 Å². The quantitative estimate of drug-likeness (QED) is 0.620. The second-order valence-corrected chi connectivity index (χ2v) is 3.36. The number of anilines is 1. The van der Waals surface area contributed by atoms with Crippen LogP contribution in [0.15, 0.2) is 4.79 Å². The maximum atomic E-state index is 11.5. The van der Waals surface area contributed by atoms with Crippen molar-refractivity contribution in [1.82, 2.24) is 9.97 Å². The molecule has 0 saturated carbocycles. The lowest BCUT2D eigenvalue weighted by Crippen LogP contribution is -2.17. The number of rotatable bonds is 0. The second-order valence-electron chi connectivity index (χ2n) is 3.36. The van der Waals surface area contributed by atoms with E-state index < -0.39 is 0 Å². The number of aromatic nitrogens is 2. The van der Waals surface area contributed by atoms with Gasteiger partial charge in [0.05, 0.1) is 5.56 Å². The lowest BCUT2D eigenvalue weighted by atomic mass is 10.1. The molecule has 2 heterocycles. The fraction of sp³-hybridized carbons (Fsp3) is 0.556. The summed E-state index contributed by atoms with van der Waals surface area (Å²) in [6.07, 6.45) is 3.01. The molecule has 0 unspecified atom stereocenters. The molecule has 0 spiro atoms. The fourth-order valence-corrected chi connectivity index (χ4v) is 1.62. The standard InChI is InChI=1S/C9H13N3O/c1-6-11-8-7(9(13)12-6)4-2-3-5-10-8/h2-5H2,1H3,(H2,10,11,12,13). The molecule has 1 aromatic rings. The third-order valence-electron chi connectivity index (χ3n) is 2.28. The van der Waals surface area contributed by atoms with Crippen LogP contribution in [0.3, 0.4) is 0 Å². The van der Waals surface area contributed by atoms with Gasteiger partial charge in [-0.2, -0.15) is 0 Å². The summed E-state index contributed by atoms with van der Waals surface area (Å²) in [5.74, 6) is 1.46. The van der Waals surface area contributed by atoms with Gasteiger partial charge >= 0.3 is 0 Å². The van der Waals surface area contributed by atoms with E-state index >= 15 is 0 Å². The number of nitrogens with one attached hydrogen (secondary N) is 2. The van der Waals surface area contributed by atoms with Crippen LogP contribution >= 0.6 is 0 Å². The highest BCUT2D eigenvalue weighted by molar-refractivity contribution is 5.43. The van der Waals surface area contributed by atoms with E-state index in [1.165, 1.54) is 0 Å². The van der Waals surface area contributed by atoms with Gasteiger partial charge in [0, 0.05) is 6.54 Å². The zero-order chi connectivity index (χ0) is 9.26. The molecule has 0 aromatic carbocycles. The van der Waals surface area contributed by atoms with Crippen molar-refractivity contribution in [2.45, 2.75) is 26.2 Å². The Balaban J connectivity index is 2.53. The maximum absolute atomic E-state index is 11.5. The van der Waals surface area contributed by atoms with E-state index in [0.717, 1.165) is 37.2 Å². The summed E-state index contributed by atoms with van der Waals surface area (Å²) in [6.45, 7) is 2.72. The van der Waals surface area contributed by atoms with Crippen molar-refractivity contribution >= 4 is 5.82 Å². The highest BCUT2D eigenvalue weighted by Gasteiger charge is 2.12. The van der Waals surface area contributed by atoms with Gasteiger partial charge in [0.15, 0.2) is 0 Å². The summed E-state index contributed by atoms with van der Waals surface area (Å²) in [5.41, 5.74) is 0.819. The maximum Gasteiger partial charge on any atom is 0.256 e. The van der Waals surface area contributed by atoms with Gasteiger partial charge in [-0.25, -0.2) is 4.98 Å². The summed E-state index contributed by atoms with van der Waals surface area (Å²) in [7, 11) is 0. The number of H-pyrrole nitrogens is 1. The molecule has 1 aliphatic heterocycles. The lowest BCUT2D eigenvalue weighted by molar-refractivity contribution is 0.780. The van der Waals surface area contributed by atoms with Crippen LogP contribution in [0.2, 0.25) is 0 Å². The van der Waals surface area contributed by atoms with E-state index in [-0.39, 0.29) is 5.56 Å². The molecule has 1 aromatic heterocycles. The molecule has 0 amide bonds. The Morgan fingerprint density at radius 3 is 3.08 bits per heavy atom. The van der Waals surface area contributed by atoms with Gasteiger partial charge in [0.2, 0.25) is 0 Å². The molecule has 0 aliphatic carbocycles. The van der Waals surface area contributed by atoms with Crippen LogP contribution < -0.4 is 10.9 Å². The highest BCUT2D eigenvalue weighted by Crippen LogP contribution is 2.14. The Labute approximate surface area is 76.4 Å². The van der Waals surface area contributed by atoms with E-state index in [1.54, 1.807) is 6.92 Å². The van der Waals surface area contributed by atoms with E-state index in [0.29, 0.717) is 5.82 Å². The molecule has 4 heteroatoms. The molecule has 70 valence electrons. The van der Waals surface area contributed by atoms with Gasteiger partial charge in [-0.1, -0.05) is 0 Å². The molecule has 0 bridgehead atoms. The number of fused-ring (bicyclic) bond motifs is 1. The molecule has 1 aliphatic rings. The number of nitrogens with zero attached hydrogens (tertiary/aromatic N) is 1. The van der Waals surface area contributed by atoms with Crippen molar-refractivity contribution in [2.24, 2.45) is 0 Å². The summed E-state index contributed by atoms with van der Waals surface area (Å²) < 4.78 is 0. The topological polar surface area (TPSA) is 57.8 Å². The number of aryl methyl sites for hydroxylation is 1. The van der Waals surface area contributed by atoms with Crippen molar-refractivity contribution in [2.75, 3.05) is 11.9 Å². The van der Waals surface area contributed by atoms with Gasteiger partial charge in [-0.3, -0.25) is 4.79 Å². The third kappa shape index (κ3) is 1.56. The van der Waals surface area contributed by atoms with Crippen molar-refractivity contribution < 1.29 is 0 Å². The second kappa shape index (κ2) is 3.20. The summed E-state index contributed by atoms with van der Waals surface area (Å²) in [4.78, 5) is 18.5. The van der Waals surface area contributed by atoms with E-state index in [1.807, 2.05) is 0 Å². The van der Waals surface area contributed by atoms with Gasteiger partial charge in [0.25, 0.3) is 5.56 Å². The third-order valence-corrected chi connectivity index (χ3v) is 2.28. The van der Waals surface area contributed by atoms with Crippen LogP contribution in [-0.4, -0.2) is 16.5 Å². The molecular formula is C9H13N3O. The predicted octanol–water partition coefficient (Wildman–Crippen LogP) is 0.827. The lowest BCUT2D eigenvalue weighted by Gasteiger charge is -2.05. The molecule has 0 radical (unpaired) electrons. The molecule has 0 saturated heterocycles. The first-order valence-corrected chi connectivity index (χ1v) is 4.61. The van der Waals surface area contributed by atoms with Crippen LogP contribution in [0.1, 0.15) is 24.2 Å². The Morgan fingerprint density at radius 1 is 1.38 bits per heavy atom. The minimum atomic E-state index is 0.0110. The van der Waals surface area contributed by atoms with Gasteiger partial charge in [-0.15, -0.1) is 0 Å². The van der Waals surface area contributed by atoms with Crippen molar-refractivity contribution in [3.05, 3.63) is 21.7 Å². The minimum absolute atomic E-state index is 0.0110. The Morgan fingerprint density at radius 2 is 2.23 bits per heavy atom. The van der Waals surface area contributed by atoms with Gasteiger partial charge in [0.1, 0.15) is 11.6 Å². The molecule has 0 fully saturated rings. The summed E-state index contributed by atoms with van der Waals surface area (Å²) in [5, 5.41) is 3.18. The summed E-state index contributed by atoms with van der Waals surface area (Å²) >= 11 is 0. The van der Waals surface area contributed by atoms with Crippen molar-refractivity contribution in [3.8, 4) is 0 Å². The first-order valence-electron chi connectivity index (χ1n) is 4.61. The largest absolute Gasteiger partial charge is 0.370 e. The number of hydrogen-bond acceptors (Lipinski definition) is 3. The van der Waals surface area contributed by atoms with E-state index in [9.17, 15) is 4.79 Å². The first-order chi connectivity index (χ1) is 6.27. The zero-order valence-corrected chi connectivity index (χ0v) is 7.68. The normalized spacial score (nSPS) is 15.8. The van der Waals surface area contributed by atoms with Gasteiger partial charge in [-0.05, 0) is 26.2 Å². The summed E-state index contributed by atoms with van der Waals surface area (Å²) in [6, 6.07) is 0. The minimum Gasteiger partial charge on any atom is -0.370 e. The van der Waals surface area contributed by atoms with Crippen LogP contribution in [0.5, 0.6) is 0 Å². The monoisotopic (exact) mass is 179 g/mol. The smallest absolute Gasteiger partial charge is 0.256 e. The average molecular weight is 179 g/mol. The molecule has 13 heavy (non-hydrogen) atoms. The number of hydrogen-bond donors (Lipinski definition) is 2. The van der Waals surface area contributed by atoms with Crippen LogP contribution in [0, 0.1) is 6.92 Å². The Kier molecular flexibility index (Phi) is 2.04. The number of aromatic amines is 1. The molecular weight excluding hydrogens is 166 g/mol. The predicted molar refractivity (Wildman–Crippen MR) is 51.0 cm³/mol. The van der Waals surface area contributed by atoms with Gasteiger partial charge < -0.3 is 10.3 Å². The average Bonchev–Trinajstić information content (AvgIpc) is 2.28. The van der Waals surface area contributed by atoms with E-state index in [2.05, 4.69) is 15.3 Å². The fourth-order valence-electron chi connectivity index (χ4n) is 1.62. The Bertz CT molecular complexity index is 370. The molecule has 2 rings (SSSR count). The van der Waals surface area contributed by atoms with Crippen LogP contribution in [0.4, 0.5) is 5.82 Å². The van der Waals surface area contributed by atoms with E-state index in [4.69, 9.17) is 0 Å². The van der Waals surface area contributed by atoms with Crippen molar-refractivity contribution in [1.29, 1.82) is 0 Å². The van der Waals surface area contributed by atoms with Crippen LogP contribution in [-0.2, 0) is 6.42 Å². The molecule has 2 N–H and O–H groups in total.